The van der Waals surface area contributed by atoms with Crippen molar-refractivity contribution in [2.24, 2.45) is 11.8 Å². The fourth-order valence-electron chi connectivity index (χ4n) is 3.24. The standard InChI is InChI=1S/C21H43/c1-5-7-8-9-10-11-12-13-14-15-16-17-18-19-21(6-2)20(3)4/h20-21H,2,5-19H2,1,3-4H3. The van der Waals surface area contributed by atoms with Crippen LogP contribution in [-0.2, 0) is 0 Å². The van der Waals surface area contributed by atoms with Crippen LogP contribution in [0.1, 0.15) is 117 Å². The molecule has 0 heterocycles. The van der Waals surface area contributed by atoms with Crippen molar-refractivity contribution in [1.82, 2.24) is 0 Å². The molecule has 0 aromatic heterocycles. The first-order valence-electron chi connectivity index (χ1n) is 10.0. The molecule has 127 valence electrons. The summed E-state index contributed by atoms with van der Waals surface area (Å²) >= 11 is 0. The minimum atomic E-state index is 0.819. The van der Waals surface area contributed by atoms with Crippen LogP contribution >= 0.6 is 0 Å². The minimum Gasteiger partial charge on any atom is -0.0654 e. The maximum absolute atomic E-state index is 4.09. The first kappa shape index (κ1) is 21.0. The molecule has 1 radical (unpaired) electrons. The van der Waals surface area contributed by atoms with Crippen LogP contribution in [0.4, 0.5) is 0 Å². The van der Waals surface area contributed by atoms with Crippen LogP contribution in [0.5, 0.6) is 0 Å². The Hall–Kier alpha value is 0. The minimum absolute atomic E-state index is 0.819. The van der Waals surface area contributed by atoms with E-state index in [1.807, 2.05) is 0 Å². The van der Waals surface area contributed by atoms with Crippen LogP contribution < -0.4 is 0 Å². The fourth-order valence-corrected chi connectivity index (χ4v) is 3.24. The molecule has 21 heavy (non-hydrogen) atoms. The van der Waals surface area contributed by atoms with E-state index in [0.717, 1.165) is 18.3 Å². The first-order chi connectivity index (χ1) is 10.2. The summed E-state index contributed by atoms with van der Waals surface area (Å²) in [5, 5.41) is 0. The third-order valence-electron chi connectivity index (χ3n) is 4.99. The summed E-state index contributed by atoms with van der Waals surface area (Å²) in [7, 11) is 0. The molecule has 0 aliphatic rings. The van der Waals surface area contributed by atoms with E-state index in [9.17, 15) is 0 Å². The normalized spacial score (nSPS) is 13.0. The Morgan fingerprint density at radius 1 is 0.619 bits per heavy atom. The van der Waals surface area contributed by atoms with Crippen molar-refractivity contribution in [3.63, 3.8) is 0 Å². The molecule has 0 N–H and O–H groups in total. The molecular formula is C21H43. The predicted molar refractivity (Wildman–Crippen MR) is 98.6 cm³/mol. The zero-order valence-corrected chi connectivity index (χ0v) is 15.5. The third-order valence-corrected chi connectivity index (χ3v) is 4.99. The maximum atomic E-state index is 4.09. The van der Waals surface area contributed by atoms with Gasteiger partial charge in [-0.2, -0.15) is 0 Å². The quantitative estimate of drug-likeness (QED) is 0.253. The molecule has 0 saturated carbocycles. The highest BCUT2D eigenvalue weighted by Gasteiger charge is 2.09. The van der Waals surface area contributed by atoms with Crippen molar-refractivity contribution in [3.05, 3.63) is 6.92 Å². The van der Waals surface area contributed by atoms with Gasteiger partial charge in [-0.3, -0.25) is 0 Å². The van der Waals surface area contributed by atoms with E-state index in [4.69, 9.17) is 0 Å². The molecule has 0 rings (SSSR count). The van der Waals surface area contributed by atoms with Crippen molar-refractivity contribution < 1.29 is 0 Å². The van der Waals surface area contributed by atoms with Crippen LogP contribution in [0.25, 0.3) is 0 Å². The van der Waals surface area contributed by atoms with Gasteiger partial charge in [0.25, 0.3) is 0 Å². The summed E-state index contributed by atoms with van der Waals surface area (Å²) in [6.45, 7) is 11.1. The van der Waals surface area contributed by atoms with Crippen LogP contribution in [0.2, 0.25) is 0 Å². The Bertz CT molecular complexity index is 182. The van der Waals surface area contributed by atoms with Crippen molar-refractivity contribution in [2.45, 2.75) is 117 Å². The van der Waals surface area contributed by atoms with Crippen LogP contribution in [0.15, 0.2) is 0 Å². The average molecular weight is 296 g/mol. The number of unbranched alkanes of at least 4 members (excludes halogenated alkanes) is 12. The molecule has 0 spiro atoms. The summed E-state index contributed by atoms with van der Waals surface area (Å²) in [5.74, 6) is 1.68. The average Bonchev–Trinajstić information content (AvgIpc) is 2.47. The summed E-state index contributed by atoms with van der Waals surface area (Å²) in [6, 6.07) is 0. The SMILES string of the molecule is [CH2]CC(CCCCCCCCCCCCCCC)C(C)C. The lowest BCUT2D eigenvalue weighted by Crippen LogP contribution is -2.07. The van der Waals surface area contributed by atoms with E-state index in [0.29, 0.717) is 0 Å². The maximum Gasteiger partial charge on any atom is -0.0391 e. The molecule has 0 aliphatic heterocycles. The van der Waals surface area contributed by atoms with Gasteiger partial charge in [0.05, 0.1) is 0 Å². The van der Waals surface area contributed by atoms with Gasteiger partial charge in [-0.25, -0.2) is 0 Å². The molecule has 0 saturated heterocycles. The molecule has 0 nitrogen and oxygen atoms in total. The van der Waals surface area contributed by atoms with Crippen LogP contribution in [0, 0.1) is 18.8 Å². The van der Waals surface area contributed by atoms with E-state index < -0.39 is 0 Å². The molecule has 0 aliphatic carbocycles. The molecule has 0 bridgehead atoms. The van der Waals surface area contributed by atoms with Gasteiger partial charge in [0, 0.05) is 0 Å². The van der Waals surface area contributed by atoms with E-state index >= 15 is 0 Å². The van der Waals surface area contributed by atoms with Gasteiger partial charge in [0.2, 0.25) is 0 Å². The summed E-state index contributed by atoms with van der Waals surface area (Å²) in [5.41, 5.74) is 0. The van der Waals surface area contributed by atoms with Crippen molar-refractivity contribution in [1.29, 1.82) is 0 Å². The Kier molecular flexibility index (Phi) is 16.4. The topological polar surface area (TPSA) is 0 Å². The molecule has 0 fully saturated rings. The summed E-state index contributed by atoms with van der Waals surface area (Å²) in [4.78, 5) is 0. The Morgan fingerprint density at radius 2 is 1.00 bits per heavy atom. The Labute approximate surface area is 136 Å². The van der Waals surface area contributed by atoms with E-state index in [1.54, 1.807) is 0 Å². The Balaban J connectivity index is 3.12. The van der Waals surface area contributed by atoms with Gasteiger partial charge in [-0.15, -0.1) is 0 Å². The monoisotopic (exact) mass is 295 g/mol. The molecule has 0 heteroatoms. The smallest absolute Gasteiger partial charge is 0.0391 e. The van der Waals surface area contributed by atoms with Gasteiger partial charge in [-0.1, -0.05) is 124 Å². The molecule has 1 unspecified atom stereocenters. The Morgan fingerprint density at radius 3 is 1.33 bits per heavy atom. The fraction of sp³-hybridized carbons (Fsp3) is 0.952. The van der Waals surface area contributed by atoms with E-state index in [1.165, 1.54) is 89.9 Å². The number of rotatable bonds is 16. The number of hydrogen-bond donors (Lipinski definition) is 0. The van der Waals surface area contributed by atoms with Gasteiger partial charge < -0.3 is 0 Å². The van der Waals surface area contributed by atoms with Crippen molar-refractivity contribution >= 4 is 0 Å². The van der Waals surface area contributed by atoms with Gasteiger partial charge in [-0.05, 0) is 11.8 Å². The predicted octanol–water partition coefficient (Wildman–Crippen LogP) is 7.96. The van der Waals surface area contributed by atoms with E-state index in [-0.39, 0.29) is 0 Å². The molecular weight excluding hydrogens is 252 g/mol. The largest absolute Gasteiger partial charge is 0.0654 e. The first-order valence-corrected chi connectivity index (χ1v) is 10.0. The zero-order valence-electron chi connectivity index (χ0n) is 15.5. The molecule has 0 aromatic carbocycles. The lowest BCUT2D eigenvalue weighted by Gasteiger charge is -2.18. The van der Waals surface area contributed by atoms with Gasteiger partial charge in [0.1, 0.15) is 0 Å². The van der Waals surface area contributed by atoms with Crippen molar-refractivity contribution in [3.8, 4) is 0 Å². The van der Waals surface area contributed by atoms with Gasteiger partial charge in [0.15, 0.2) is 0 Å². The van der Waals surface area contributed by atoms with Gasteiger partial charge >= 0.3 is 0 Å². The highest BCUT2D eigenvalue weighted by atomic mass is 14.2. The zero-order chi connectivity index (χ0) is 15.8. The highest BCUT2D eigenvalue weighted by Crippen LogP contribution is 2.22. The lowest BCUT2D eigenvalue weighted by atomic mass is 9.88. The number of hydrogen-bond acceptors (Lipinski definition) is 0. The molecule has 1 atom stereocenters. The molecule has 0 aromatic rings. The second kappa shape index (κ2) is 16.4. The summed E-state index contributed by atoms with van der Waals surface area (Å²) in [6.07, 6.45) is 21.4. The highest BCUT2D eigenvalue weighted by molar-refractivity contribution is 4.64. The second-order valence-corrected chi connectivity index (χ2v) is 7.32. The molecule has 0 amide bonds. The summed E-state index contributed by atoms with van der Waals surface area (Å²) < 4.78 is 0. The lowest BCUT2D eigenvalue weighted by molar-refractivity contribution is 0.347. The van der Waals surface area contributed by atoms with Crippen LogP contribution in [0.3, 0.4) is 0 Å². The van der Waals surface area contributed by atoms with Crippen molar-refractivity contribution in [2.75, 3.05) is 0 Å². The second-order valence-electron chi connectivity index (χ2n) is 7.32. The van der Waals surface area contributed by atoms with E-state index in [2.05, 4.69) is 27.7 Å². The van der Waals surface area contributed by atoms with Crippen LogP contribution in [-0.4, -0.2) is 0 Å². The third kappa shape index (κ3) is 14.7.